The lowest BCUT2D eigenvalue weighted by Crippen LogP contribution is -2.39. The first-order valence-electron chi connectivity index (χ1n) is 11.6. The van der Waals surface area contributed by atoms with Crippen molar-refractivity contribution < 1.29 is 19.4 Å². The van der Waals surface area contributed by atoms with Crippen LogP contribution < -0.4 is 10.1 Å². The number of nitrogens with zero attached hydrogens (tertiary/aromatic N) is 1. The van der Waals surface area contributed by atoms with E-state index in [1.807, 2.05) is 19.1 Å². The van der Waals surface area contributed by atoms with Crippen molar-refractivity contribution in [3.8, 4) is 5.75 Å². The summed E-state index contributed by atoms with van der Waals surface area (Å²) in [7, 11) is 1.75. The second-order valence-electron chi connectivity index (χ2n) is 8.77. The molecule has 6 heteroatoms. The van der Waals surface area contributed by atoms with Crippen LogP contribution in [0.2, 0.25) is 0 Å². The molecule has 2 aliphatic heterocycles. The van der Waals surface area contributed by atoms with E-state index >= 15 is 0 Å². The number of hydrogen-bond donors (Lipinski definition) is 2. The van der Waals surface area contributed by atoms with E-state index in [0.29, 0.717) is 12.2 Å². The van der Waals surface area contributed by atoms with Gasteiger partial charge >= 0.3 is 5.97 Å². The van der Waals surface area contributed by atoms with E-state index in [2.05, 4.69) is 23.2 Å². The van der Waals surface area contributed by atoms with Gasteiger partial charge in [0.05, 0.1) is 18.8 Å². The lowest BCUT2D eigenvalue weighted by atomic mass is 9.89. The third-order valence-electron chi connectivity index (χ3n) is 6.80. The van der Waals surface area contributed by atoms with Crippen molar-refractivity contribution >= 4 is 11.7 Å². The number of carbonyl (C=O) groups is 1. The van der Waals surface area contributed by atoms with E-state index in [4.69, 9.17) is 9.47 Å². The van der Waals surface area contributed by atoms with Gasteiger partial charge in [0.1, 0.15) is 5.75 Å². The highest BCUT2D eigenvalue weighted by atomic mass is 16.5. The molecule has 2 heterocycles. The molecule has 32 heavy (non-hydrogen) atoms. The standard InChI is InChI=1S/C26H34N2O4/c1-4-32-20-11-13-28(23(15-20)18-7-9-19(10-8-18)26(29)30)16-22-21-6-5-12-27-25(21)17(2)14-24(22)31-3/h7-10,14,20,23,27H,4-6,11-13,15-16H2,1-3H3,(H,29,30)/t20-,23-/m0/s1. The van der Waals surface area contributed by atoms with Gasteiger partial charge in [0.25, 0.3) is 0 Å². The lowest BCUT2D eigenvalue weighted by Gasteiger charge is -2.40. The molecular formula is C26H34N2O4. The quantitative estimate of drug-likeness (QED) is 0.647. The van der Waals surface area contributed by atoms with Crippen LogP contribution in [0, 0.1) is 6.92 Å². The van der Waals surface area contributed by atoms with E-state index in [9.17, 15) is 9.90 Å². The molecule has 172 valence electrons. The topological polar surface area (TPSA) is 71.0 Å². The Kier molecular flexibility index (Phi) is 7.01. The van der Waals surface area contributed by atoms with Crippen molar-refractivity contribution in [1.82, 2.24) is 4.90 Å². The van der Waals surface area contributed by atoms with Gasteiger partial charge in [-0.1, -0.05) is 12.1 Å². The van der Waals surface area contributed by atoms with Gasteiger partial charge in [0.15, 0.2) is 0 Å². The highest BCUT2D eigenvalue weighted by Crippen LogP contribution is 2.40. The molecule has 6 nitrogen and oxygen atoms in total. The highest BCUT2D eigenvalue weighted by molar-refractivity contribution is 5.87. The van der Waals surface area contributed by atoms with E-state index < -0.39 is 5.97 Å². The van der Waals surface area contributed by atoms with Gasteiger partial charge in [0, 0.05) is 43.5 Å². The first-order valence-corrected chi connectivity index (χ1v) is 11.6. The zero-order chi connectivity index (χ0) is 22.7. The summed E-state index contributed by atoms with van der Waals surface area (Å²) in [6.07, 6.45) is 4.29. The second kappa shape index (κ2) is 9.92. The smallest absolute Gasteiger partial charge is 0.335 e. The molecule has 0 aromatic heterocycles. The minimum atomic E-state index is -0.896. The molecule has 0 bridgehead atoms. The third-order valence-corrected chi connectivity index (χ3v) is 6.80. The van der Waals surface area contributed by atoms with Gasteiger partial charge in [-0.25, -0.2) is 4.79 Å². The summed E-state index contributed by atoms with van der Waals surface area (Å²) in [4.78, 5) is 13.8. The fourth-order valence-corrected chi connectivity index (χ4v) is 5.21. The number of carboxylic acids is 1. The van der Waals surface area contributed by atoms with E-state index in [0.717, 1.165) is 56.6 Å². The van der Waals surface area contributed by atoms with Crippen LogP contribution in [0.3, 0.4) is 0 Å². The van der Waals surface area contributed by atoms with E-state index in [-0.39, 0.29) is 12.1 Å². The molecule has 0 amide bonds. The summed E-state index contributed by atoms with van der Waals surface area (Å²) >= 11 is 0. The number of carboxylic acid groups (broad SMARTS) is 1. The molecule has 0 aliphatic carbocycles. The molecule has 4 rings (SSSR count). The number of nitrogens with one attached hydrogen (secondary N) is 1. The molecule has 2 aromatic rings. The summed E-state index contributed by atoms with van der Waals surface area (Å²) in [6.45, 7) is 7.63. The number of rotatable bonds is 7. The van der Waals surface area contributed by atoms with E-state index in [1.54, 1.807) is 19.2 Å². The number of benzene rings is 2. The number of aromatic carboxylic acids is 1. The Morgan fingerprint density at radius 1 is 1.28 bits per heavy atom. The molecule has 1 saturated heterocycles. The van der Waals surface area contributed by atoms with Crippen LogP contribution in [-0.2, 0) is 17.7 Å². The molecule has 1 fully saturated rings. The zero-order valence-electron chi connectivity index (χ0n) is 19.3. The predicted molar refractivity (Wildman–Crippen MR) is 126 cm³/mol. The van der Waals surface area contributed by atoms with Gasteiger partial charge in [-0.2, -0.15) is 0 Å². The van der Waals surface area contributed by atoms with Gasteiger partial charge in [0.2, 0.25) is 0 Å². The van der Waals surface area contributed by atoms with Gasteiger partial charge in [-0.3, -0.25) is 4.90 Å². The van der Waals surface area contributed by atoms with Crippen LogP contribution in [0.5, 0.6) is 5.75 Å². The predicted octanol–water partition coefficient (Wildman–Crippen LogP) is 4.80. The van der Waals surface area contributed by atoms with Crippen molar-refractivity contribution in [3.63, 3.8) is 0 Å². The number of hydrogen-bond acceptors (Lipinski definition) is 5. The maximum atomic E-state index is 11.3. The van der Waals surface area contributed by atoms with Crippen molar-refractivity contribution in [2.75, 3.05) is 32.1 Å². The van der Waals surface area contributed by atoms with Crippen molar-refractivity contribution in [1.29, 1.82) is 0 Å². The molecule has 0 spiro atoms. The normalized spacial score (nSPS) is 21.0. The number of fused-ring (bicyclic) bond motifs is 1. The van der Waals surface area contributed by atoms with Crippen LogP contribution in [-0.4, -0.2) is 48.9 Å². The minimum Gasteiger partial charge on any atom is -0.496 e. The fraction of sp³-hybridized carbons (Fsp3) is 0.500. The highest BCUT2D eigenvalue weighted by Gasteiger charge is 2.32. The van der Waals surface area contributed by atoms with Crippen LogP contribution in [0.15, 0.2) is 30.3 Å². The molecule has 0 unspecified atom stereocenters. The Hall–Kier alpha value is -2.57. The largest absolute Gasteiger partial charge is 0.496 e. The SMILES string of the molecule is CCO[C@H]1CCN(Cc2c(OC)cc(C)c3c2CCCN3)[C@H](c2ccc(C(=O)O)cc2)C1. The number of piperidine rings is 1. The molecule has 2 atom stereocenters. The first kappa shape index (κ1) is 22.6. The Morgan fingerprint density at radius 2 is 2.06 bits per heavy atom. The molecule has 0 radical (unpaired) electrons. The van der Waals surface area contributed by atoms with Crippen LogP contribution in [0.25, 0.3) is 0 Å². The van der Waals surface area contributed by atoms with Crippen molar-refractivity contribution in [2.45, 2.75) is 58.2 Å². The van der Waals surface area contributed by atoms with Crippen molar-refractivity contribution in [2.24, 2.45) is 0 Å². The first-order chi connectivity index (χ1) is 15.5. The lowest BCUT2D eigenvalue weighted by molar-refractivity contribution is -0.0140. The average Bonchev–Trinajstić information content (AvgIpc) is 2.81. The third kappa shape index (κ3) is 4.62. The Morgan fingerprint density at radius 3 is 2.75 bits per heavy atom. The minimum absolute atomic E-state index is 0.168. The van der Waals surface area contributed by atoms with Gasteiger partial charge in [-0.05, 0) is 74.4 Å². The Labute approximate surface area is 190 Å². The van der Waals surface area contributed by atoms with E-state index in [1.165, 1.54) is 22.4 Å². The van der Waals surface area contributed by atoms with Crippen molar-refractivity contribution in [3.05, 3.63) is 58.1 Å². The van der Waals surface area contributed by atoms with Gasteiger partial charge in [-0.15, -0.1) is 0 Å². The summed E-state index contributed by atoms with van der Waals surface area (Å²) in [5.74, 6) is 0.0598. The molecular weight excluding hydrogens is 404 g/mol. The molecule has 2 aromatic carbocycles. The number of methoxy groups -OCH3 is 1. The zero-order valence-corrected chi connectivity index (χ0v) is 19.3. The molecule has 2 N–H and O–H groups in total. The summed E-state index contributed by atoms with van der Waals surface area (Å²) in [6, 6.07) is 9.64. The number of ether oxygens (including phenoxy) is 2. The number of likely N-dealkylation sites (tertiary alicyclic amines) is 1. The Balaban J connectivity index is 1.67. The summed E-state index contributed by atoms with van der Waals surface area (Å²) in [5, 5.41) is 12.9. The van der Waals surface area contributed by atoms with Crippen LogP contribution >= 0.6 is 0 Å². The number of anilines is 1. The fourth-order valence-electron chi connectivity index (χ4n) is 5.21. The maximum Gasteiger partial charge on any atom is 0.335 e. The average molecular weight is 439 g/mol. The van der Waals surface area contributed by atoms with Gasteiger partial charge < -0.3 is 19.9 Å². The van der Waals surface area contributed by atoms with Crippen LogP contribution in [0.4, 0.5) is 5.69 Å². The monoisotopic (exact) mass is 438 g/mol. The summed E-state index contributed by atoms with van der Waals surface area (Å²) in [5.41, 5.74) is 6.59. The summed E-state index contributed by atoms with van der Waals surface area (Å²) < 4.78 is 11.8. The maximum absolute atomic E-state index is 11.3. The number of aryl methyl sites for hydroxylation is 1. The molecule has 2 aliphatic rings. The molecule has 0 saturated carbocycles. The second-order valence-corrected chi connectivity index (χ2v) is 8.77. The van der Waals surface area contributed by atoms with Crippen LogP contribution in [0.1, 0.15) is 64.8 Å². The Bertz CT molecular complexity index is 957.